The van der Waals surface area contributed by atoms with Gasteiger partial charge in [0.25, 0.3) is 0 Å². The van der Waals surface area contributed by atoms with Crippen molar-refractivity contribution < 1.29 is 4.79 Å². The molecule has 4 rings (SSSR count). The molecule has 2 aromatic heterocycles. The van der Waals surface area contributed by atoms with Crippen molar-refractivity contribution in [3.05, 3.63) is 60.4 Å². The first-order chi connectivity index (χ1) is 15.2. The highest BCUT2D eigenvalue weighted by atomic mass is 32.2. The molecule has 0 bridgehead atoms. The monoisotopic (exact) mass is 469 g/mol. The molecule has 2 heterocycles. The topological polar surface area (TPSA) is 72.7 Å². The number of amides is 1. The molecule has 31 heavy (non-hydrogen) atoms. The van der Waals surface area contributed by atoms with Gasteiger partial charge in [0.1, 0.15) is 5.82 Å². The van der Waals surface area contributed by atoms with E-state index in [0.29, 0.717) is 18.1 Å². The fourth-order valence-electron chi connectivity index (χ4n) is 2.95. The Hall–Kier alpha value is -2.36. The average molecular weight is 470 g/mol. The van der Waals surface area contributed by atoms with Gasteiger partial charge in [-0.25, -0.2) is 4.98 Å². The van der Waals surface area contributed by atoms with E-state index in [-0.39, 0.29) is 5.91 Å². The van der Waals surface area contributed by atoms with Crippen LogP contribution in [-0.2, 0) is 10.5 Å². The Morgan fingerprint density at radius 2 is 1.87 bits per heavy atom. The van der Waals surface area contributed by atoms with E-state index < -0.39 is 0 Å². The molecular weight excluding hydrogens is 446 g/mol. The molecule has 0 unspecified atom stereocenters. The van der Waals surface area contributed by atoms with Gasteiger partial charge >= 0.3 is 0 Å². The lowest BCUT2D eigenvalue weighted by atomic mass is 10.3. The molecule has 0 aliphatic rings. The Labute approximate surface area is 193 Å². The van der Waals surface area contributed by atoms with Crippen LogP contribution in [0.2, 0.25) is 0 Å². The molecule has 9 heteroatoms. The summed E-state index contributed by atoms with van der Waals surface area (Å²) in [5.74, 6) is 1.82. The average Bonchev–Trinajstić information content (AvgIpc) is 3.40. The van der Waals surface area contributed by atoms with E-state index >= 15 is 0 Å². The number of benzene rings is 2. The zero-order chi connectivity index (χ0) is 21.5. The van der Waals surface area contributed by atoms with Gasteiger partial charge in [-0.2, -0.15) is 0 Å². The fourth-order valence-corrected chi connectivity index (χ4v) is 5.73. The second kappa shape index (κ2) is 10.8. The van der Waals surface area contributed by atoms with Crippen LogP contribution in [-0.4, -0.2) is 38.0 Å². The third kappa shape index (κ3) is 5.66. The largest absolute Gasteiger partial charge is 0.355 e. The minimum Gasteiger partial charge on any atom is -0.355 e. The fraction of sp³-hybridized carbons (Fsp3) is 0.273. The van der Waals surface area contributed by atoms with Crippen molar-refractivity contribution in [3.63, 3.8) is 0 Å². The molecule has 0 atom stereocenters. The van der Waals surface area contributed by atoms with Crippen LogP contribution in [0.1, 0.15) is 25.6 Å². The van der Waals surface area contributed by atoms with Crippen molar-refractivity contribution in [2.24, 2.45) is 0 Å². The number of thiazole rings is 1. The van der Waals surface area contributed by atoms with E-state index in [1.54, 1.807) is 23.1 Å². The summed E-state index contributed by atoms with van der Waals surface area (Å²) < 4.78 is 4.22. The van der Waals surface area contributed by atoms with Crippen LogP contribution in [0.3, 0.4) is 0 Å². The molecule has 1 amide bonds. The summed E-state index contributed by atoms with van der Waals surface area (Å²) in [5, 5.41) is 12.5. The lowest BCUT2D eigenvalue weighted by Crippen LogP contribution is -2.26. The van der Waals surface area contributed by atoms with Crippen molar-refractivity contribution in [1.29, 1.82) is 0 Å². The summed E-state index contributed by atoms with van der Waals surface area (Å²) in [7, 11) is 0. The van der Waals surface area contributed by atoms with E-state index in [9.17, 15) is 4.79 Å². The van der Waals surface area contributed by atoms with Crippen LogP contribution in [0.5, 0.6) is 0 Å². The minimum absolute atomic E-state index is 0.0199. The number of aromatic nitrogens is 4. The minimum atomic E-state index is 0.0199. The highest BCUT2D eigenvalue weighted by Crippen LogP contribution is 2.32. The molecule has 0 saturated heterocycles. The number of fused-ring (bicyclic) bond motifs is 1. The normalized spacial score (nSPS) is 11.1. The Bertz CT molecular complexity index is 1110. The van der Waals surface area contributed by atoms with Crippen molar-refractivity contribution >= 4 is 51.0 Å². The number of nitrogens with one attached hydrogen (secondary N) is 1. The zero-order valence-electron chi connectivity index (χ0n) is 17.2. The van der Waals surface area contributed by atoms with Gasteiger partial charge in [-0.15, -0.1) is 21.5 Å². The van der Waals surface area contributed by atoms with E-state index in [4.69, 9.17) is 4.98 Å². The Balaban J connectivity index is 1.49. The van der Waals surface area contributed by atoms with Gasteiger partial charge < -0.3 is 5.32 Å². The van der Waals surface area contributed by atoms with Gasteiger partial charge in [-0.1, -0.05) is 67.2 Å². The summed E-state index contributed by atoms with van der Waals surface area (Å²) >= 11 is 4.75. The highest BCUT2D eigenvalue weighted by molar-refractivity contribution is 8.00. The van der Waals surface area contributed by atoms with Gasteiger partial charge in [0, 0.05) is 12.2 Å². The van der Waals surface area contributed by atoms with Crippen molar-refractivity contribution in [2.45, 2.75) is 35.0 Å². The van der Waals surface area contributed by atoms with Gasteiger partial charge in [-0.3, -0.25) is 9.36 Å². The number of thioether (sulfide) groups is 2. The third-order valence-electron chi connectivity index (χ3n) is 4.50. The number of carbonyl (C=O) groups is 1. The van der Waals surface area contributed by atoms with Gasteiger partial charge in [-0.05, 0) is 30.7 Å². The second-order valence-electron chi connectivity index (χ2n) is 6.80. The first-order valence-corrected chi connectivity index (χ1v) is 12.9. The molecule has 0 aliphatic carbocycles. The summed E-state index contributed by atoms with van der Waals surface area (Å²) in [6.07, 6.45) is 2.05. The molecule has 0 fully saturated rings. The lowest BCUT2D eigenvalue weighted by Gasteiger charge is -2.10. The quantitative estimate of drug-likeness (QED) is 0.255. The third-order valence-corrected chi connectivity index (χ3v) is 7.60. The van der Waals surface area contributed by atoms with Gasteiger partial charge in [0.05, 0.1) is 21.7 Å². The van der Waals surface area contributed by atoms with Gasteiger partial charge in [0.15, 0.2) is 9.50 Å². The molecular formula is C22H23N5OS3. The maximum absolute atomic E-state index is 12.1. The van der Waals surface area contributed by atoms with Crippen molar-refractivity contribution in [3.8, 4) is 5.69 Å². The highest BCUT2D eigenvalue weighted by Gasteiger charge is 2.17. The number of unbranched alkanes of at least 4 members (excludes halogenated alkanes) is 1. The number of rotatable bonds is 10. The van der Waals surface area contributed by atoms with E-state index in [0.717, 1.165) is 39.4 Å². The summed E-state index contributed by atoms with van der Waals surface area (Å²) in [4.78, 5) is 16.8. The molecule has 2 aromatic carbocycles. The second-order valence-corrected chi connectivity index (χ2v) is 9.99. The maximum atomic E-state index is 12.1. The van der Waals surface area contributed by atoms with Crippen molar-refractivity contribution in [1.82, 2.24) is 25.1 Å². The van der Waals surface area contributed by atoms with Crippen LogP contribution in [0, 0.1) is 0 Å². The number of hydrogen-bond donors (Lipinski definition) is 1. The van der Waals surface area contributed by atoms with Gasteiger partial charge in [0.2, 0.25) is 5.91 Å². The maximum Gasteiger partial charge on any atom is 0.230 e. The number of nitrogens with zero attached hydrogens (tertiary/aromatic N) is 4. The number of hydrogen-bond acceptors (Lipinski definition) is 7. The van der Waals surface area contributed by atoms with E-state index in [2.05, 4.69) is 28.5 Å². The van der Waals surface area contributed by atoms with E-state index in [1.807, 2.05) is 53.1 Å². The number of para-hydroxylation sites is 2. The summed E-state index contributed by atoms with van der Waals surface area (Å²) in [6.45, 7) is 2.82. The standard InChI is InChI=1S/C22H23N5OS3/c1-2-3-13-23-20(28)15-29-21-26-25-19(27(21)16-9-5-4-6-10-16)14-30-22-24-17-11-7-8-12-18(17)31-22/h4-12H,2-3,13-15H2,1H3,(H,23,28). The smallest absolute Gasteiger partial charge is 0.230 e. The Morgan fingerprint density at radius 1 is 1.06 bits per heavy atom. The first kappa shape index (κ1) is 21.9. The SMILES string of the molecule is CCCCNC(=O)CSc1nnc(CSc2nc3ccccc3s2)n1-c1ccccc1. The molecule has 0 saturated carbocycles. The molecule has 0 radical (unpaired) electrons. The van der Waals surface area contributed by atoms with Crippen LogP contribution >= 0.6 is 34.9 Å². The molecule has 0 aliphatic heterocycles. The molecule has 6 nitrogen and oxygen atoms in total. The van der Waals surface area contributed by atoms with Crippen LogP contribution in [0.4, 0.5) is 0 Å². The Kier molecular flexibility index (Phi) is 7.61. The van der Waals surface area contributed by atoms with Crippen molar-refractivity contribution in [2.75, 3.05) is 12.3 Å². The van der Waals surface area contributed by atoms with E-state index in [1.165, 1.54) is 16.5 Å². The summed E-state index contributed by atoms with van der Waals surface area (Å²) in [6, 6.07) is 18.2. The van der Waals surface area contributed by atoms with Crippen LogP contribution < -0.4 is 5.32 Å². The molecule has 4 aromatic rings. The Morgan fingerprint density at radius 3 is 2.68 bits per heavy atom. The molecule has 0 spiro atoms. The zero-order valence-corrected chi connectivity index (χ0v) is 19.6. The lowest BCUT2D eigenvalue weighted by molar-refractivity contribution is -0.118. The molecule has 160 valence electrons. The van der Waals surface area contributed by atoms with Crippen LogP contribution in [0.25, 0.3) is 15.9 Å². The number of carbonyl (C=O) groups excluding carboxylic acids is 1. The summed E-state index contributed by atoms with van der Waals surface area (Å²) in [5.41, 5.74) is 2.01. The predicted molar refractivity (Wildman–Crippen MR) is 129 cm³/mol. The van der Waals surface area contributed by atoms with Crippen LogP contribution in [0.15, 0.2) is 64.1 Å². The first-order valence-electron chi connectivity index (χ1n) is 10.1. The molecule has 1 N–H and O–H groups in total. The predicted octanol–water partition coefficient (Wildman–Crippen LogP) is 5.18.